The van der Waals surface area contributed by atoms with Gasteiger partial charge in [-0.1, -0.05) is 48.4 Å². The maximum absolute atomic E-state index is 6.29. The molecular formula is C17H24ClN. The summed E-state index contributed by atoms with van der Waals surface area (Å²) in [5, 5.41) is 4.58. The third kappa shape index (κ3) is 4.36. The molecule has 2 rings (SSSR count). The van der Waals surface area contributed by atoms with Gasteiger partial charge in [-0.15, -0.1) is 0 Å². The van der Waals surface area contributed by atoms with Crippen molar-refractivity contribution in [2.24, 2.45) is 0 Å². The Balaban J connectivity index is 2.09. The Morgan fingerprint density at radius 3 is 2.79 bits per heavy atom. The summed E-state index contributed by atoms with van der Waals surface area (Å²) in [7, 11) is 0. The van der Waals surface area contributed by atoms with Crippen LogP contribution in [-0.4, -0.2) is 12.6 Å². The fourth-order valence-corrected chi connectivity index (χ4v) is 2.93. The van der Waals surface area contributed by atoms with Gasteiger partial charge in [0, 0.05) is 11.1 Å². The van der Waals surface area contributed by atoms with E-state index >= 15 is 0 Å². The van der Waals surface area contributed by atoms with E-state index in [1.807, 2.05) is 12.1 Å². The average molecular weight is 278 g/mol. The summed E-state index contributed by atoms with van der Waals surface area (Å²) >= 11 is 6.29. The van der Waals surface area contributed by atoms with Crippen molar-refractivity contribution >= 4 is 11.6 Å². The molecule has 0 aromatic heterocycles. The number of halogens is 1. The van der Waals surface area contributed by atoms with Crippen LogP contribution in [0.4, 0.5) is 0 Å². The van der Waals surface area contributed by atoms with Crippen molar-refractivity contribution in [3.8, 4) is 0 Å². The molecule has 1 N–H and O–H groups in total. The molecule has 0 heterocycles. The zero-order valence-corrected chi connectivity index (χ0v) is 12.5. The molecule has 0 bridgehead atoms. The molecule has 1 aromatic rings. The molecule has 1 aromatic carbocycles. The van der Waals surface area contributed by atoms with E-state index in [1.54, 1.807) is 5.57 Å². The van der Waals surface area contributed by atoms with E-state index in [0.29, 0.717) is 6.04 Å². The number of hydrogen-bond acceptors (Lipinski definition) is 1. The first-order chi connectivity index (χ1) is 9.31. The fourth-order valence-electron chi connectivity index (χ4n) is 2.72. The first-order valence-corrected chi connectivity index (χ1v) is 7.84. The van der Waals surface area contributed by atoms with Crippen LogP contribution in [0.15, 0.2) is 35.9 Å². The molecule has 0 fully saturated rings. The maximum atomic E-state index is 6.29. The first-order valence-electron chi connectivity index (χ1n) is 7.47. The van der Waals surface area contributed by atoms with Crippen molar-refractivity contribution in [2.75, 3.05) is 6.54 Å². The van der Waals surface area contributed by atoms with Crippen molar-refractivity contribution in [3.63, 3.8) is 0 Å². The van der Waals surface area contributed by atoms with E-state index < -0.39 is 0 Å². The normalized spacial score (nSPS) is 17.1. The van der Waals surface area contributed by atoms with Crippen LogP contribution < -0.4 is 5.32 Å². The molecule has 1 aliphatic carbocycles. The van der Waals surface area contributed by atoms with Gasteiger partial charge in [0.25, 0.3) is 0 Å². The summed E-state index contributed by atoms with van der Waals surface area (Å²) in [4.78, 5) is 0. The predicted octanol–water partition coefficient (Wildman–Crippen LogP) is 4.75. The highest BCUT2D eigenvalue weighted by Gasteiger charge is 2.17. The molecule has 104 valence electrons. The Bertz CT molecular complexity index is 425. The maximum Gasteiger partial charge on any atom is 0.0438 e. The smallest absolute Gasteiger partial charge is 0.0438 e. The Kier molecular flexibility index (Phi) is 5.93. The molecule has 0 amide bonds. The zero-order chi connectivity index (χ0) is 13.5. The summed E-state index contributed by atoms with van der Waals surface area (Å²) in [6.07, 6.45) is 9.77. The van der Waals surface area contributed by atoms with Crippen LogP contribution in [-0.2, 0) is 6.42 Å². The van der Waals surface area contributed by atoms with Gasteiger partial charge < -0.3 is 5.32 Å². The quantitative estimate of drug-likeness (QED) is 0.740. The Hall–Kier alpha value is -0.790. The Labute approximate surface area is 122 Å². The van der Waals surface area contributed by atoms with Crippen molar-refractivity contribution in [1.82, 2.24) is 5.32 Å². The minimum absolute atomic E-state index is 0.458. The van der Waals surface area contributed by atoms with E-state index in [-0.39, 0.29) is 0 Å². The second kappa shape index (κ2) is 7.72. The van der Waals surface area contributed by atoms with Crippen LogP contribution in [0.25, 0.3) is 0 Å². The second-order valence-electron chi connectivity index (χ2n) is 5.33. The van der Waals surface area contributed by atoms with E-state index in [1.165, 1.54) is 37.7 Å². The first kappa shape index (κ1) is 14.6. The highest BCUT2D eigenvalue weighted by Crippen LogP contribution is 2.24. The minimum Gasteiger partial charge on any atom is -0.310 e. The molecule has 0 radical (unpaired) electrons. The highest BCUT2D eigenvalue weighted by atomic mass is 35.5. The molecule has 0 saturated carbocycles. The Morgan fingerprint density at radius 1 is 1.26 bits per heavy atom. The van der Waals surface area contributed by atoms with Crippen LogP contribution in [0.2, 0.25) is 5.02 Å². The molecule has 0 aliphatic heterocycles. The molecule has 0 saturated heterocycles. The average Bonchev–Trinajstić information content (AvgIpc) is 2.46. The van der Waals surface area contributed by atoms with Gasteiger partial charge in [-0.3, -0.25) is 0 Å². The van der Waals surface area contributed by atoms with Crippen LogP contribution >= 0.6 is 11.6 Å². The Morgan fingerprint density at radius 2 is 2.11 bits per heavy atom. The lowest BCUT2D eigenvalue weighted by atomic mass is 9.90. The number of rotatable bonds is 6. The summed E-state index contributed by atoms with van der Waals surface area (Å²) in [6, 6.07) is 8.67. The van der Waals surface area contributed by atoms with Gasteiger partial charge in [-0.05, 0) is 56.7 Å². The molecular weight excluding hydrogens is 254 g/mol. The van der Waals surface area contributed by atoms with E-state index in [4.69, 9.17) is 11.6 Å². The molecule has 1 aliphatic rings. The van der Waals surface area contributed by atoms with Crippen molar-refractivity contribution < 1.29 is 0 Å². The summed E-state index contributed by atoms with van der Waals surface area (Å²) in [5.41, 5.74) is 2.84. The standard InChI is InChI=1S/C17H24ClN/c1-2-12-19-17(14-8-4-3-5-9-14)13-15-10-6-7-11-16(15)18/h6-8,10-11,17,19H,2-5,9,12-13H2,1H3. The SMILES string of the molecule is CCCNC(Cc1ccccc1Cl)C1=CCCCC1. The zero-order valence-electron chi connectivity index (χ0n) is 11.8. The van der Waals surface area contributed by atoms with Gasteiger partial charge in [-0.25, -0.2) is 0 Å². The number of hydrogen-bond donors (Lipinski definition) is 1. The molecule has 19 heavy (non-hydrogen) atoms. The van der Waals surface area contributed by atoms with Crippen LogP contribution in [0.3, 0.4) is 0 Å². The second-order valence-corrected chi connectivity index (χ2v) is 5.73. The van der Waals surface area contributed by atoms with E-state index in [2.05, 4.69) is 30.4 Å². The fraction of sp³-hybridized carbons (Fsp3) is 0.529. The summed E-state index contributed by atoms with van der Waals surface area (Å²) < 4.78 is 0. The predicted molar refractivity (Wildman–Crippen MR) is 83.8 cm³/mol. The number of nitrogens with one attached hydrogen (secondary N) is 1. The van der Waals surface area contributed by atoms with Gasteiger partial charge in [0.15, 0.2) is 0 Å². The largest absolute Gasteiger partial charge is 0.310 e. The summed E-state index contributed by atoms with van der Waals surface area (Å²) in [5.74, 6) is 0. The lowest BCUT2D eigenvalue weighted by molar-refractivity contribution is 0.526. The van der Waals surface area contributed by atoms with Gasteiger partial charge >= 0.3 is 0 Å². The minimum atomic E-state index is 0.458. The monoisotopic (exact) mass is 277 g/mol. The third-order valence-corrected chi connectivity index (χ3v) is 4.17. The van der Waals surface area contributed by atoms with Crippen LogP contribution in [0.1, 0.15) is 44.6 Å². The van der Waals surface area contributed by atoms with Gasteiger partial charge in [-0.2, -0.15) is 0 Å². The topological polar surface area (TPSA) is 12.0 Å². The molecule has 1 atom stereocenters. The highest BCUT2D eigenvalue weighted by molar-refractivity contribution is 6.31. The molecule has 2 heteroatoms. The molecule has 1 nitrogen and oxygen atoms in total. The van der Waals surface area contributed by atoms with Crippen molar-refractivity contribution in [3.05, 3.63) is 46.5 Å². The van der Waals surface area contributed by atoms with Crippen LogP contribution in [0, 0.1) is 0 Å². The summed E-state index contributed by atoms with van der Waals surface area (Å²) in [6.45, 7) is 3.29. The van der Waals surface area contributed by atoms with Gasteiger partial charge in [0.1, 0.15) is 0 Å². The number of allylic oxidation sites excluding steroid dienone is 1. The van der Waals surface area contributed by atoms with Crippen molar-refractivity contribution in [2.45, 2.75) is 51.5 Å². The molecule has 0 spiro atoms. The van der Waals surface area contributed by atoms with E-state index in [0.717, 1.165) is 18.0 Å². The number of benzene rings is 1. The molecule has 1 unspecified atom stereocenters. The van der Waals surface area contributed by atoms with E-state index in [9.17, 15) is 0 Å². The lowest BCUT2D eigenvalue weighted by Gasteiger charge is -2.25. The van der Waals surface area contributed by atoms with Gasteiger partial charge in [0.2, 0.25) is 0 Å². The van der Waals surface area contributed by atoms with Crippen LogP contribution in [0.5, 0.6) is 0 Å². The van der Waals surface area contributed by atoms with Crippen molar-refractivity contribution in [1.29, 1.82) is 0 Å². The lowest BCUT2D eigenvalue weighted by Crippen LogP contribution is -2.34. The van der Waals surface area contributed by atoms with Gasteiger partial charge in [0.05, 0.1) is 0 Å². The third-order valence-electron chi connectivity index (χ3n) is 3.80.